The Kier molecular flexibility index (Phi) is 4.86. The fourth-order valence-electron chi connectivity index (χ4n) is 2.76. The van der Waals surface area contributed by atoms with E-state index in [1.54, 1.807) is 12.4 Å². The van der Waals surface area contributed by atoms with Crippen molar-refractivity contribution in [1.29, 1.82) is 0 Å². The lowest BCUT2D eigenvalue weighted by Crippen LogP contribution is -2.46. The molecule has 24 heavy (non-hydrogen) atoms. The number of anilines is 2. The van der Waals surface area contributed by atoms with Gasteiger partial charge in [-0.3, -0.25) is 15.0 Å². The van der Waals surface area contributed by atoms with Crippen molar-refractivity contribution in [1.82, 2.24) is 19.9 Å². The number of aromatic nitrogens is 3. The van der Waals surface area contributed by atoms with Crippen LogP contribution >= 0.6 is 15.9 Å². The van der Waals surface area contributed by atoms with Gasteiger partial charge in [-0.15, -0.1) is 0 Å². The molecule has 0 aliphatic carbocycles. The molecule has 1 aliphatic heterocycles. The van der Waals surface area contributed by atoms with Crippen LogP contribution in [0.4, 0.5) is 17.2 Å². The number of nitrogens with two attached hydrogens (primary N) is 1. The van der Waals surface area contributed by atoms with Crippen LogP contribution in [-0.2, 0) is 6.54 Å². The maximum absolute atomic E-state index is 11.4. The van der Waals surface area contributed by atoms with Gasteiger partial charge in [0.2, 0.25) is 5.82 Å². The minimum absolute atomic E-state index is 0.0675. The lowest BCUT2D eigenvalue weighted by Gasteiger charge is -2.36. The Morgan fingerprint density at radius 1 is 1.21 bits per heavy atom. The largest absolute Gasteiger partial charge is 0.378 e. The Hall–Kier alpha value is -2.33. The van der Waals surface area contributed by atoms with Crippen LogP contribution in [0.3, 0.4) is 0 Å². The van der Waals surface area contributed by atoms with E-state index in [4.69, 9.17) is 5.73 Å². The fourth-order valence-corrected chi connectivity index (χ4v) is 3.30. The van der Waals surface area contributed by atoms with Gasteiger partial charge in [-0.25, -0.2) is 15.0 Å². The molecule has 9 nitrogen and oxygen atoms in total. The molecule has 0 radical (unpaired) electrons. The van der Waals surface area contributed by atoms with Crippen LogP contribution in [0, 0.1) is 10.1 Å². The standard InChI is InChI=1S/C14H16BrN7O2/c15-11-7-19-14(16)13(22(23)24)12(11)21-3-1-20(2-4-21)8-10-5-17-9-18-6-10/h5-7,9H,1-4,8H2,(H2,16,19). The van der Waals surface area contributed by atoms with E-state index in [0.717, 1.165) is 25.2 Å². The average molecular weight is 394 g/mol. The molecule has 0 spiro atoms. The Bertz CT molecular complexity index is 735. The number of hydrogen-bond donors (Lipinski definition) is 1. The molecule has 126 valence electrons. The second-order valence-corrected chi connectivity index (χ2v) is 6.31. The summed E-state index contributed by atoms with van der Waals surface area (Å²) in [6.45, 7) is 3.64. The highest BCUT2D eigenvalue weighted by Gasteiger charge is 2.29. The molecule has 0 saturated carbocycles. The van der Waals surface area contributed by atoms with Crippen molar-refractivity contribution >= 4 is 33.1 Å². The van der Waals surface area contributed by atoms with Crippen molar-refractivity contribution < 1.29 is 4.92 Å². The zero-order valence-electron chi connectivity index (χ0n) is 12.8. The van der Waals surface area contributed by atoms with Gasteiger partial charge < -0.3 is 10.6 Å². The van der Waals surface area contributed by atoms with Gasteiger partial charge in [0.15, 0.2) is 0 Å². The SMILES string of the molecule is Nc1ncc(Br)c(N2CCN(Cc3cncnc3)CC2)c1[N+](=O)[O-]. The smallest absolute Gasteiger partial charge is 0.335 e. The van der Waals surface area contributed by atoms with Gasteiger partial charge in [-0.1, -0.05) is 0 Å². The molecule has 0 unspecified atom stereocenters. The third-order valence-electron chi connectivity index (χ3n) is 3.90. The summed E-state index contributed by atoms with van der Waals surface area (Å²) in [4.78, 5) is 27.0. The number of nitrogens with zero attached hydrogens (tertiary/aromatic N) is 6. The van der Waals surface area contributed by atoms with Crippen molar-refractivity contribution in [2.24, 2.45) is 0 Å². The number of nitro groups is 1. The highest BCUT2D eigenvalue weighted by atomic mass is 79.9. The predicted molar refractivity (Wildman–Crippen MR) is 92.5 cm³/mol. The lowest BCUT2D eigenvalue weighted by molar-refractivity contribution is -0.383. The zero-order chi connectivity index (χ0) is 17.1. The number of halogens is 1. The van der Waals surface area contributed by atoms with Gasteiger partial charge in [0.1, 0.15) is 12.0 Å². The number of pyridine rings is 1. The van der Waals surface area contributed by atoms with Gasteiger partial charge in [0.25, 0.3) is 0 Å². The van der Waals surface area contributed by atoms with E-state index in [2.05, 4.69) is 35.8 Å². The maximum atomic E-state index is 11.4. The summed E-state index contributed by atoms with van der Waals surface area (Å²) in [5.74, 6) is -0.0675. The molecule has 0 atom stereocenters. The first kappa shape index (κ1) is 16.5. The highest BCUT2D eigenvalue weighted by molar-refractivity contribution is 9.10. The van der Waals surface area contributed by atoms with Crippen LogP contribution < -0.4 is 10.6 Å². The number of hydrogen-bond acceptors (Lipinski definition) is 8. The van der Waals surface area contributed by atoms with Gasteiger partial charge in [0.05, 0.1) is 9.40 Å². The first-order valence-electron chi connectivity index (χ1n) is 7.36. The van der Waals surface area contributed by atoms with E-state index in [0.29, 0.717) is 23.2 Å². The monoisotopic (exact) mass is 393 g/mol. The fraction of sp³-hybridized carbons (Fsp3) is 0.357. The number of piperazine rings is 1. The third-order valence-corrected chi connectivity index (χ3v) is 4.48. The molecule has 1 aliphatic rings. The van der Waals surface area contributed by atoms with Crippen molar-refractivity contribution in [2.75, 3.05) is 36.8 Å². The van der Waals surface area contributed by atoms with Crippen LogP contribution in [0.15, 0.2) is 29.4 Å². The molecule has 2 aromatic heterocycles. The summed E-state index contributed by atoms with van der Waals surface area (Å²) >= 11 is 3.36. The van der Waals surface area contributed by atoms with Crippen LogP contribution in [0.5, 0.6) is 0 Å². The third kappa shape index (κ3) is 3.44. The zero-order valence-corrected chi connectivity index (χ0v) is 14.4. The Balaban J connectivity index is 1.73. The minimum Gasteiger partial charge on any atom is -0.378 e. The molecule has 1 saturated heterocycles. The summed E-state index contributed by atoms with van der Waals surface area (Å²) in [7, 11) is 0. The quantitative estimate of drug-likeness (QED) is 0.612. The van der Waals surface area contributed by atoms with Crippen LogP contribution in [0.25, 0.3) is 0 Å². The molecule has 3 rings (SSSR count). The summed E-state index contributed by atoms with van der Waals surface area (Å²) in [5, 5.41) is 11.4. The first-order chi connectivity index (χ1) is 11.6. The van der Waals surface area contributed by atoms with Crippen molar-refractivity contribution in [3.63, 3.8) is 0 Å². The van der Waals surface area contributed by atoms with E-state index >= 15 is 0 Å². The molecular formula is C14H16BrN7O2. The number of nitrogen functional groups attached to an aromatic ring is 1. The van der Waals surface area contributed by atoms with Crippen molar-refractivity contribution in [3.8, 4) is 0 Å². The topological polar surface area (TPSA) is 114 Å². The molecule has 2 N–H and O–H groups in total. The second-order valence-electron chi connectivity index (χ2n) is 5.46. The average Bonchev–Trinajstić information content (AvgIpc) is 2.58. The van der Waals surface area contributed by atoms with E-state index in [-0.39, 0.29) is 11.5 Å². The van der Waals surface area contributed by atoms with E-state index < -0.39 is 4.92 Å². The summed E-state index contributed by atoms with van der Waals surface area (Å²) in [6.07, 6.45) is 6.60. The van der Waals surface area contributed by atoms with Gasteiger partial charge in [0, 0.05) is 56.9 Å². The predicted octanol–water partition coefficient (Wildman–Crippen LogP) is 1.45. The summed E-state index contributed by atoms with van der Waals surface area (Å²) in [5.41, 5.74) is 7.10. The maximum Gasteiger partial charge on any atom is 0.335 e. The van der Waals surface area contributed by atoms with Crippen LogP contribution in [-0.4, -0.2) is 51.0 Å². The Morgan fingerprint density at radius 2 is 1.88 bits per heavy atom. The van der Waals surface area contributed by atoms with Crippen molar-refractivity contribution in [3.05, 3.63) is 45.1 Å². The molecule has 0 amide bonds. The van der Waals surface area contributed by atoms with Crippen LogP contribution in [0.1, 0.15) is 5.56 Å². The van der Waals surface area contributed by atoms with E-state index in [9.17, 15) is 10.1 Å². The van der Waals surface area contributed by atoms with Gasteiger partial charge in [-0.2, -0.15) is 0 Å². The van der Waals surface area contributed by atoms with Crippen LogP contribution in [0.2, 0.25) is 0 Å². The summed E-state index contributed by atoms with van der Waals surface area (Å²) < 4.78 is 0.577. The molecule has 2 aromatic rings. The van der Waals surface area contributed by atoms with Gasteiger partial charge >= 0.3 is 5.69 Å². The molecule has 1 fully saturated rings. The lowest BCUT2D eigenvalue weighted by atomic mass is 10.2. The Morgan fingerprint density at radius 3 is 2.50 bits per heavy atom. The van der Waals surface area contributed by atoms with Crippen molar-refractivity contribution in [2.45, 2.75) is 6.54 Å². The second kappa shape index (κ2) is 7.05. The molecule has 0 aromatic carbocycles. The van der Waals surface area contributed by atoms with E-state index in [1.165, 1.54) is 12.5 Å². The molecule has 10 heteroatoms. The normalized spacial score (nSPS) is 15.5. The van der Waals surface area contributed by atoms with Gasteiger partial charge in [-0.05, 0) is 15.9 Å². The molecule has 3 heterocycles. The minimum atomic E-state index is -0.476. The Labute approximate surface area is 146 Å². The molecular weight excluding hydrogens is 378 g/mol. The van der Waals surface area contributed by atoms with E-state index in [1.807, 2.05) is 4.90 Å². The summed E-state index contributed by atoms with van der Waals surface area (Å²) in [6, 6.07) is 0. The number of rotatable bonds is 4. The highest BCUT2D eigenvalue weighted by Crippen LogP contribution is 2.39. The first-order valence-corrected chi connectivity index (χ1v) is 8.15. The molecule has 0 bridgehead atoms.